The van der Waals surface area contributed by atoms with Crippen LogP contribution in [0.2, 0.25) is 0 Å². The Morgan fingerprint density at radius 2 is 2.22 bits per heavy atom. The predicted molar refractivity (Wildman–Crippen MR) is 78.4 cm³/mol. The fraction of sp³-hybridized carbons (Fsp3) is 0.571. The van der Waals surface area contributed by atoms with Crippen LogP contribution in [0.4, 0.5) is 5.69 Å². The summed E-state index contributed by atoms with van der Waals surface area (Å²) in [6, 6.07) is 6.01. The van der Waals surface area contributed by atoms with Crippen molar-refractivity contribution >= 4 is 21.6 Å². The van der Waals surface area contributed by atoms with Gasteiger partial charge in [0.15, 0.2) is 0 Å². The Morgan fingerprint density at radius 1 is 1.39 bits per heavy atom. The lowest BCUT2D eigenvalue weighted by Crippen LogP contribution is -2.17. The molecule has 1 fully saturated rings. The van der Waals surface area contributed by atoms with E-state index in [1.165, 1.54) is 12.8 Å². The molecule has 0 saturated heterocycles. The molecule has 100 valence electrons. The van der Waals surface area contributed by atoms with E-state index < -0.39 is 0 Å². The van der Waals surface area contributed by atoms with E-state index in [0.29, 0.717) is 0 Å². The second kappa shape index (κ2) is 7.12. The number of rotatable bonds is 8. The topological polar surface area (TPSA) is 47.3 Å². The molecule has 0 bridgehead atoms. The van der Waals surface area contributed by atoms with Gasteiger partial charge in [-0.05, 0) is 49.4 Å². The Morgan fingerprint density at radius 3 is 2.94 bits per heavy atom. The predicted octanol–water partition coefficient (Wildman–Crippen LogP) is 2.94. The van der Waals surface area contributed by atoms with E-state index in [-0.39, 0.29) is 0 Å². The van der Waals surface area contributed by atoms with Gasteiger partial charge in [0.05, 0.1) is 0 Å². The van der Waals surface area contributed by atoms with Crippen molar-refractivity contribution in [3.63, 3.8) is 0 Å². The van der Waals surface area contributed by atoms with E-state index in [1.54, 1.807) is 0 Å². The number of ether oxygens (including phenoxy) is 1. The number of nitrogens with two attached hydrogens (primary N) is 1. The highest BCUT2D eigenvalue weighted by atomic mass is 79.9. The molecule has 0 aliphatic heterocycles. The average molecular weight is 313 g/mol. The molecule has 3 nitrogen and oxygen atoms in total. The van der Waals surface area contributed by atoms with Crippen LogP contribution in [0.15, 0.2) is 22.7 Å². The van der Waals surface area contributed by atoms with Gasteiger partial charge in [0, 0.05) is 29.9 Å². The van der Waals surface area contributed by atoms with Crippen molar-refractivity contribution in [2.24, 2.45) is 5.92 Å². The molecule has 0 amide bonds. The van der Waals surface area contributed by atoms with Crippen LogP contribution in [0.3, 0.4) is 0 Å². The molecular formula is C14H21BrN2O. The molecule has 0 heterocycles. The third kappa shape index (κ3) is 4.96. The third-order valence-corrected chi connectivity index (χ3v) is 3.61. The maximum atomic E-state index is 5.93. The van der Waals surface area contributed by atoms with Gasteiger partial charge in [-0.3, -0.25) is 0 Å². The highest BCUT2D eigenvalue weighted by Crippen LogP contribution is 2.28. The van der Waals surface area contributed by atoms with Gasteiger partial charge in [0.2, 0.25) is 0 Å². The van der Waals surface area contributed by atoms with Crippen LogP contribution < -0.4 is 11.1 Å². The van der Waals surface area contributed by atoms with E-state index in [2.05, 4.69) is 27.3 Å². The van der Waals surface area contributed by atoms with E-state index in [9.17, 15) is 0 Å². The molecule has 2 rings (SSSR count). The number of anilines is 1. The van der Waals surface area contributed by atoms with Crippen LogP contribution in [0.25, 0.3) is 0 Å². The van der Waals surface area contributed by atoms with Crippen molar-refractivity contribution in [2.45, 2.75) is 25.8 Å². The first kappa shape index (κ1) is 13.8. The molecule has 1 saturated carbocycles. The fourth-order valence-electron chi connectivity index (χ4n) is 1.78. The van der Waals surface area contributed by atoms with Crippen molar-refractivity contribution in [1.29, 1.82) is 0 Å². The third-order valence-electron chi connectivity index (χ3n) is 3.12. The lowest BCUT2D eigenvalue weighted by molar-refractivity contribution is 0.122. The molecule has 1 aromatic carbocycles. The number of hydrogen-bond donors (Lipinski definition) is 2. The minimum absolute atomic E-state index is 0.821. The molecule has 0 aromatic heterocycles. The number of hydrogen-bond acceptors (Lipinski definition) is 3. The molecule has 3 N–H and O–H groups in total. The minimum Gasteiger partial charge on any atom is -0.398 e. The zero-order valence-corrected chi connectivity index (χ0v) is 12.2. The Labute approximate surface area is 117 Å². The fourth-order valence-corrected chi connectivity index (χ4v) is 2.16. The second-order valence-corrected chi connectivity index (χ2v) is 5.81. The first-order valence-electron chi connectivity index (χ1n) is 6.58. The van der Waals surface area contributed by atoms with Crippen molar-refractivity contribution in [2.75, 3.05) is 25.5 Å². The number of benzene rings is 1. The number of nitrogen functional groups attached to an aromatic ring is 1. The first-order valence-corrected chi connectivity index (χ1v) is 7.37. The van der Waals surface area contributed by atoms with Gasteiger partial charge in [0.1, 0.15) is 0 Å². The molecule has 1 aromatic rings. The smallest absolute Gasteiger partial charge is 0.0494 e. The van der Waals surface area contributed by atoms with Crippen LogP contribution in [-0.4, -0.2) is 19.8 Å². The van der Waals surface area contributed by atoms with E-state index in [0.717, 1.165) is 54.4 Å². The van der Waals surface area contributed by atoms with Crippen molar-refractivity contribution < 1.29 is 4.74 Å². The molecule has 1 aliphatic carbocycles. The molecule has 0 unspecified atom stereocenters. The summed E-state index contributed by atoms with van der Waals surface area (Å²) in [4.78, 5) is 0. The Hall–Kier alpha value is -0.580. The largest absolute Gasteiger partial charge is 0.398 e. The summed E-state index contributed by atoms with van der Waals surface area (Å²) in [5, 5.41) is 3.39. The van der Waals surface area contributed by atoms with Gasteiger partial charge in [-0.2, -0.15) is 0 Å². The van der Waals surface area contributed by atoms with Crippen LogP contribution in [0.1, 0.15) is 24.8 Å². The van der Waals surface area contributed by atoms with E-state index >= 15 is 0 Å². The number of halogens is 1. The zero-order chi connectivity index (χ0) is 12.8. The van der Waals surface area contributed by atoms with Gasteiger partial charge < -0.3 is 15.8 Å². The van der Waals surface area contributed by atoms with E-state index in [1.807, 2.05) is 12.1 Å². The van der Waals surface area contributed by atoms with E-state index in [4.69, 9.17) is 10.5 Å². The minimum atomic E-state index is 0.821. The SMILES string of the molecule is Nc1cc(Br)ccc1CNCCCOCC1CC1. The normalized spacial score (nSPS) is 14.9. The summed E-state index contributed by atoms with van der Waals surface area (Å²) < 4.78 is 6.60. The monoisotopic (exact) mass is 312 g/mol. The standard InChI is InChI=1S/C14H21BrN2O/c15-13-5-4-12(14(16)8-13)9-17-6-1-7-18-10-11-2-3-11/h4-5,8,11,17H,1-3,6-7,9-10,16H2. The van der Waals surface area contributed by atoms with Crippen molar-refractivity contribution in [1.82, 2.24) is 5.32 Å². The van der Waals surface area contributed by atoms with Gasteiger partial charge in [-0.15, -0.1) is 0 Å². The summed E-state index contributed by atoms with van der Waals surface area (Å²) in [6.45, 7) is 3.61. The van der Waals surface area contributed by atoms with Crippen LogP contribution in [0, 0.1) is 5.92 Å². The van der Waals surface area contributed by atoms with Crippen LogP contribution in [0.5, 0.6) is 0 Å². The maximum Gasteiger partial charge on any atom is 0.0494 e. The number of nitrogens with one attached hydrogen (secondary N) is 1. The quantitative estimate of drug-likeness (QED) is 0.573. The lowest BCUT2D eigenvalue weighted by Gasteiger charge is -2.08. The maximum absolute atomic E-state index is 5.93. The van der Waals surface area contributed by atoms with Crippen LogP contribution in [-0.2, 0) is 11.3 Å². The molecule has 4 heteroatoms. The van der Waals surface area contributed by atoms with Gasteiger partial charge >= 0.3 is 0 Å². The first-order chi connectivity index (χ1) is 8.75. The summed E-state index contributed by atoms with van der Waals surface area (Å²) in [7, 11) is 0. The zero-order valence-electron chi connectivity index (χ0n) is 10.6. The van der Waals surface area contributed by atoms with Gasteiger partial charge in [-0.1, -0.05) is 22.0 Å². The summed E-state index contributed by atoms with van der Waals surface area (Å²) in [6.07, 6.45) is 3.78. The Balaban J connectivity index is 1.53. The summed E-state index contributed by atoms with van der Waals surface area (Å²) in [5.74, 6) is 0.862. The van der Waals surface area contributed by atoms with Crippen LogP contribution >= 0.6 is 15.9 Å². The molecule has 0 atom stereocenters. The summed E-state index contributed by atoms with van der Waals surface area (Å²) >= 11 is 3.41. The molecule has 18 heavy (non-hydrogen) atoms. The highest BCUT2D eigenvalue weighted by Gasteiger charge is 2.20. The van der Waals surface area contributed by atoms with Crippen molar-refractivity contribution in [3.8, 4) is 0 Å². The molecular weight excluding hydrogens is 292 g/mol. The molecule has 0 spiro atoms. The van der Waals surface area contributed by atoms with Crippen molar-refractivity contribution in [3.05, 3.63) is 28.2 Å². The van der Waals surface area contributed by atoms with Gasteiger partial charge in [0.25, 0.3) is 0 Å². The Bertz CT molecular complexity index is 380. The summed E-state index contributed by atoms with van der Waals surface area (Å²) in [5.41, 5.74) is 7.91. The molecule has 1 aliphatic rings. The Kier molecular flexibility index (Phi) is 5.47. The van der Waals surface area contributed by atoms with Gasteiger partial charge in [-0.25, -0.2) is 0 Å². The molecule has 0 radical (unpaired) electrons. The second-order valence-electron chi connectivity index (χ2n) is 4.89. The lowest BCUT2D eigenvalue weighted by atomic mass is 10.2. The highest BCUT2D eigenvalue weighted by molar-refractivity contribution is 9.10. The average Bonchev–Trinajstić information content (AvgIpc) is 3.14.